The van der Waals surface area contributed by atoms with Gasteiger partial charge in [-0.1, -0.05) is 11.6 Å². The first kappa shape index (κ1) is 12.3. The maximum atomic E-state index is 12.1. The van der Waals surface area contributed by atoms with Gasteiger partial charge in [-0.2, -0.15) is 5.10 Å². The molecule has 0 saturated carbocycles. The van der Waals surface area contributed by atoms with Crippen molar-refractivity contribution < 1.29 is 4.79 Å². The molecule has 0 amide bonds. The lowest BCUT2D eigenvalue weighted by molar-refractivity contribution is 0.0983. The minimum atomic E-state index is 0.0889. The van der Waals surface area contributed by atoms with Crippen molar-refractivity contribution in [1.82, 2.24) is 9.78 Å². The van der Waals surface area contributed by atoms with Gasteiger partial charge in [-0.3, -0.25) is 9.48 Å². The van der Waals surface area contributed by atoms with Crippen LogP contribution in [0, 0.1) is 6.92 Å². The Bertz CT molecular complexity index is 544. The van der Waals surface area contributed by atoms with Crippen LogP contribution in [0.3, 0.4) is 0 Å². The molecule has 0 unspecified atom stereocenters. The largest absolute Gasteiger partial charge is 0.292 e. The van der Waals surface area contributed by atoms with Crippen molar-refractivity contribution in [3.63, 3.8) is 0 Å². The van der Waals surface area contributed by atoms with Crippen LogP contribution >= 0.6 is 22.9 Å². The predicted octanol–water partition coefficient (Wildman–Crippen LogP) is 3.35. The quantitative estimate of drug-likeness (QED) is 0.797. The Morgan fingerprint density at radius 3 is 2.88 bits per heavy atom. The van der Waals surface area contributed by atoms with Crippen LogP contribution in [-0.2, 0) is 13.0 Å². The maximum Gasteiger partial charge on any atom is 0.186 e. The van der Waals surface area contributed by atoms with Crippen LogP contribution in [0.2, 0.25) is 4.34 Å². The molecule has 0 aliphatic rings. The van der Waals surface area contributed by atoms with E-state index in [0.29, 0.717) is 23.0 Å². The zero-order valence-corrected chi connectivity index (χ0v) is 11.3. The Labute approximate surface area is 109 Å². The van der Waals surface area contributed by atoms with Gasteiger partial charge in [0.05, 0.1) is 10.0 Å². The molecule has 2 aromatic rings. The summed E-state index contributed by atoms with van der Waals surface area (Å²) in [6.45, 7) is 4.58. The van der Waals surface area contributed by atoms with Crippen molar-refractivity contribution in [3.8, 4) is 0 Å². The van der Waals surface area contributed by atoms with E-state index in [1.165, 1.54) is 11.3 Å². The summed E-state index contributed by atoms with van der Waals surface area (Å²) < 4.78 is 2.46. The number of aryl methyl sites for hydroxylation is 2. The number of hydrogen-bond acceptors (Lipinski definition) is 3. The average Bonchev–Trinajstić information content (AvgIpc) is 2.84. The molecule has 0 radical (unpaired) electrons. The molecule has 17 heavy (non-hydrogen) atoms. The van der Waals surface area contributed by atoms with Gasteiger partial charge in [0.2, 0.25) is 0 Å². The van der Waals surface area contributed by atoms with Crippen LogP contribution in [0.25, 0.3) is 0 Å². The summed E-state index contributed by atoms with van der Waals surface area (Å²) in [5.74, 6) is 0.0889. The first-order chi connectivity index (χ1) is 8.10. The lowest BCUT2D eigenvalue weighted by Gasteiger charge is -2.02. The molecule has 0 fully saturated rings. The average molecular weight is 269 g/mol. The molecule has 0 bridgehead atoms. The van der Waals surface area contributed by atoms with E-state index in [-0.39, 0.29) is 5.78 Å². The Kier molecular flexibility index (Phi) is 3.64. The summed E-state index contributed by atoms with van der Waals surface area (Å²) in [5.41, 5.74) is 1.55. The highest BCUT2D eigenvalue weighted by atomic mass is 35.5. The van der Waals surface area contributed by atoms with Gasteiger partial charge >= 0.3 is 0 Å². The second-order valence-electron chi connectivity index (χ2n) is 3.79. The second kappa shape index (κ2) is 5.02. The van der Waals surface area contributed by atoms with E-state index in [1.807, 2.05) is 32.0 Å². The molecule has 0 atom stereocenters. The Balaban J connectivity index is 2.19. The van der Waals surface area contributed by atoms with E-state index in [0.717, 1.165) is 10.6 Å². The zero-order chi connectivity index (χ0) is 12.4. The Hall–Kier alpha value is -1.13. The van der Waals surface area contributed by atoms with Crippen LogP contribution in [-0.4, -0.2) is 15.6 Å². The topological polar surface area (TPSA) is 34.9 Å². The molecule has 90 valence electrons. The minimum Gasteiger partial charge on any atom is -0.292 e. The Morgan fingerprint density at radius 2 is 2.29 bits per heavy atom. The second-order valence-corrected chi connectivity index (χ2v) is 5.59. The molecule has 5 heteroatoms. The first-order valence-corrected chi connectivity index (χ1v) is 6.61. The van der Waals surface area contributed by atoms with E-state index in [4.69, 9.17) is 11.6 Å². The summed E-state index contributed by atoms with van der Waals surface area (Å²) in [6, 6.07) is 5.54. The van der Waals surface area contributed by atoms with E-state index in [2.05, 4.69) is 5.10 Å². The number of carbonyl (C=O) groups excluding carboxylic acids is 1. The fourth-order valence-corrected chi connectivity index (χ4v) is 2.79. The molecule has 3 nitrogen and oxygen atoms in total. The van der Waals surface area contributed by atoms with Gasteiger partial charge in [0.1, 0.15) is 5.69 Å². The number of hydrogen-bond donors (Lipinski definition) is 0. The molecule has 0 saturated heterocycles. The molecule has 2 aromatic heterocycles. The summed E-state index contributed by atoms with van der Waals surface area (Å²) in [4.78, 5) is 13.1. The standard InChI is InChI=1S/C12H13ClN2OS/c1-3-15-10(6-8(2)14-15)11(16)7-9-4-5-12(13)17-9/h4-6H,3,7H2,1-2H3. The highest BCUT2D eigenvalue weighted by molar-refractivity contribution is 7.16. The lowest BCUT2D eigenvalue weighted by atomic mass is 10.2. The van der Waals surface area contributed by atoms with Crippen molar-refractivity contribution >= 4 is 28.7 Å². The van der Waals surface area contributed by atoms with Gasteiger partial charge in [0, 0.05) is 17.8 Å². The van der Waals surface area contributed by atoms with Crippen LogP contribution in [0.1, 0.15) is 28.0 Å². The molecule has 2 heterocycles. The Morgan fingerprint density at radius 1 is 1.53 bits per heavy atom. The molecular weight excluding hydrogens is 256 g/mol. The molecule has 2 rings (SSSR count). The zero-order valence-electron chi connectivity index (χ0n) is 9.74. The first-order valence-electron chi connectivity index (χ1n) is 5.42. The van der Waals surface area contributed by atoms with Crippen molar-refractivity contribution in [1.29, 1.82) is 0 Å². The minimum absolute atomic E-state index is 0.0889. The molecule has 0 aliphatic carbocycles. The monoisotopic (exact) mass is 268 g/mol. The summed E-state index contributed by atoms with van der Waals surface area (Å²) in [7, 11) is 0. The van der Waals surface area contributed by atoms with Crippen LogP contribution in [0.4, 0.5) is 0 Å². The van der Waals surface area contributed by atoms with Crippen LogP contribution in [0.5, 0.6) is 0 Å². The highest BCUT2D eigenvalue weighted by Gasteiger charge is 2.14. The number of Topliss-reactive ketones (excluding diaryl/α,β-unsaturated/α-hetero) is 1. The van der Waals surface area contributed by atoms with Crippen molar-refractivity contribution in [2.24, 2.45) is 0 Å². The number of nitrogens with zero attached hydrogens (tertiary/aromatic N) is 2. The number of halogens is 1. The fraction of sp³-hybridized carbons (Fsp3) is 0.333. The molecule has 0 spiro atoms. The van der Waals surface area contributed by atoms with E-state index in [1.54, 1.807) is 4.68 Å². The number of carbonyl (C=O) groups is 1. The smallest absolute Gasteiger partial charge is 0.186 e. The van der Waals surface area contributed by atoms with Gasteiger partial charge in [-0.15, -0.1) is 11.3 Å². The summed E-state index contributed by atoms with van der Waals surface area (Å²) >= 11 is 7.29. The van der Waals surface area contributed by atoms with Gasteiger partial charge in [-0.25, -0.2) is 0 Å². The molecule has 0 aliphatic heterocycles. The van der Waals surface area contributed by atoms with E-state index < -0.39 is 0 Å². The normalized spacial score (nSPS) is 10.8. The van der Waals surface area contributed by atoms with E-state index in [9.17, 15) is 4.79 Å². The van der Waals surface area contributed by atoms with Gasteiger partial charge in [-0.05, 0) is 32.0 Å². The lowest BCUT2D eigenvalue weighted by Crippen LogP contribution is -2.11. The number of thiophene rings is 1. The maximum absolute atomic E-state index is 12.1. The van der Waals surface area contributed by atoms with Crippen LogP contribution < -0.4 is 0 Å². The van der Waals surface area contributed by atoms with Crippen molar-refractivity contribution in [2.45, 2.75) is 26.8 Å². The number of rotatable bonds is 4. The third-order valence-corrected chi connectivity index (χ3v) is 3.68. The molecule has 0 aromatic carbocycles. The fourth-order valence-electron chi connectivity index (χ4n) is 1.71. The molecule has 0 N–H and O–H groups in total. The highest BCUT2D eigenvalue weighted by Crippen LogP contribution is 2.22. The number of ketones is 1. The van der Waals surface area contributed by atoms with Crippen molar-refractivity contribution in [2.75, 3.05) is 0 Å². The summed E-state index contributed by atoms with van der Waals surface area (Å²) in [5, 5.41) is 4.27. The SMILES string of the molecule is CCn1nc(C)cc1C(=O)Cc1ccc(Cl)s1. The third kappa shape index (κ3) is 2.76. The predicted molar refractivity (Wildman–Crippen MR) is 70.0 cm³/mol. The third-order valence-electron chi connectivity index (χ3n) is 2.45. The molecular formula is C12H13ClN2OS. The van der Waals surface area contributed by atoms with Crippen LogP contribution in [0.15, 0.2) is 18.2 Å². The van der Waals surface area contributed by atoms with Gasteiger partial charge < -0.3 is 0 Å². The van der Waals surface area contributed by atoms with E-state index >= 15 is 0 Å². The van der Waals surface area contributed by atoms with Gasteiger partial charge in [0.25, 0.3) is 0 Å². The van der Waals surface area contributed by atoms with Gasteiger partial charge in [0.15, 0.2) is 5.78 Å². The number of aromatic nitrogens is 2. The van der Waals surface area contributed by atoms with Crippen molar-refractivity contribution in [3.05, 3.63) is 38.8 Å². The summed E-state index contributed by atoms with van der Waals surface area (Å²) in [6.07, 6.45) is 0.391.